The van der Waals surface area contributed by atoms with Crippen LogP contribution in [-0.4, -0.2) is 19.2 Å². The number of rotatable bonds is 3. The van der Waals surface area contributed by atoms with E-state index in [1.807, 2.05) is 6.07 Å². The maximum Gasteiger partial charge on any atom is 0.167 e. The summed E-state index contributed by atoms with van der Waals surface area (Å²) in [4.78, 5) is 0. The predicted molar refractivity (Wildman–Crippen MR) is 66.8 cm³/mol. The van der Waals surface area contributed by atoms with Crippen LogP contribution >= 0.6 is 0 Å². The van der Waals surface area contributed by atoms with E-state index in [4.69, 9.17) is 10.5 Å². The average molecular weight is 238 g/mol. The van der Waals surface area contributed by atoms with E-state index in [1.165, 1.54) is 13.2 Å². The molecule has 0 aliphatic heterocycles. The third-order valence-corrected chi connectivity index (χ3v) is 3.29. The van der Waals surface area contributed by atoms with E-state index in [1.54, 1.807) is 6.07 Å². The van der Waals surface area contributed by atoms with Crippen LogP contribution in [0.1, 0.15) is 25.7 Å². The van der Waals surface area contributed by atoms with E-state index < -0.39 is 0 Å². The number of halogens is 1. The molecule has 1 aromatic carbocycles. The molecule has 94 valence electrons. The zero-order chi connectivity index (χ0) is 12.3. The van der Waals surface area contributed by atoms with Crippen molar-refractivity contribution < 1.29 is 9.13 Å². The van der Waals surface area contributed by atoms with Crippen LogP contribution in [0, 0.1) is 5.82 Å². The number of hydrogen-bond donors (Lipinski definition) is 2. The van der Waals surface area contributed by atoms with Gasteiger partial charge in [-0.25, -0.2) is 4.39 Å². The van der Waals surface area contributed by atoms with E-state index in [0.717, 1.165) is 31.4 Å². The Morgan fingerprint density at radius 1 is 1.29 bits per heavy atom. The van der Waals surface area contributed by atoms with Crippen molar-refractivity contribution in [3.8, 4) is 5.75 Å². The van der Waals surface area contributed by atoms with Crippen LogP contribution in [0.3, 0.4) is 0 Å². The Morgan fingerprint density at radius 2 is 2.00 bits per heavy atom. The van der Waals surface area contributed by atoms with Crippen molar-refractivity contribution in [2.45, 2.75) is 37.8 Å². The van der Waals surface area contributed by atoms with Gasteiger partial charge >= 0.3 is 0 Å². The molecular weight excluding hydrogens is 219 g/mol. The van der Waals surface area contributed by atoms with Crippen molar-refractivity contribution in [3.63, 3.8) is 0 Å². The fourth-order valence-electron chi connectivity index (χ4n) is 2.26. The highest BCUT2D eigenvalue weighted by atomic mass is 19.1. The molecule has 17 heavy (non-hydrogen) atoms. The summed E-state index contributed by atoms with van der Waals surface area (Å²) in [5.41, 5.74) is 6.66. The zero-order valence-corrected chi connectivity index (χ0v) is 10.1. The fourth-order valence-corrected chi connectivity index (χ4v) is 2.26. The summed E-state index contributed by atoms with van der Waals surface area (Å²) in [5.74, 6) is -0.0498. The van der Waals surface area contributed by atoms with Gasteiger partial charge in [0, 0.05) is 23.8 Å². The van der Waals surface area contributed by atoms with Crippen molar-refractivity contribution in [2.75, 3.05) is 12.4 Å². The van der Waals surface area contributed by atoms with E-state index in [2.05, 4.69) is 5.32 Å². The number of hydrogen-bond acceptors (Lipinski definition) is 3. The van der Waals surface area contributed by atoms with Gasteiger partial charge in [0.2, 0.25) is 0 Å². The molecule has 1 aliphatic rings. The normalized spacial score (nSPS) is 24.4. The second-order valence-corrected chi connectivity index (χ2v) is 4.61. The van der Waals surface area contributed by atoms with Crippen LogP contribution in [0.15, 0.2) is 18.2 Å². The first-order valence-electron chi connectivity index (χ1n) is 6.04. The lowest BCUT2D eigenvalue weighted by Crippen LogP contribution is -2.32. The Kier molecular flexibility index (Phi) is 3.84. The van der Waals surface area contributed by atoms with Crippen LogP contribution in [0.5, 0.6) is 5.75 Å². The molecule has 0 aromatic heterocycles. The number of ether oxygens (including phenoxy) is 1. The lowest BCUT2D eigenvalue weighted by molar-refractivity contribution is 0.386. The van der Waals surface area contributed by atoms with Gasteiger partial charge in [0.1, 0.15) is 0 Å². The van der Waals surface area contributed by atoms with Crippen molar-refractivity contribution in [1.29, 1.82) is 0 Å². The zero-order valence-electron chi connectivity index (χ0n) is 10.1. The number of methoxy groups -OCH3 is 1. The number of nitrogens with one attached hydrogen (secondary N) is 1. The van der Waals surface area contributed by atoms with Gasteiger partial charge in [-0.3, -0.25) is 0 Å². The minimum atomic E-state index is -0.329. The van der Waals surface area contributed by atoms with Gasteiger partial charge in [-0.2, -0.15) is 0 Å². The molecule has 0 radical (unpaired) electrons. The largest absolute Gasteiger partial charge is 0.494 e. The van der Waals surface area contributed by atoms with Gasteiger partial charge in [-0.05, 0) is 37.8 Å². The Labute approximate surface area is 101 Å². The summed E-state index contributed by atoms with van der Waals surface area (Å²) in [5, 5.41) is 3.34. The molecule has 1 aliphatic carbocycles. The monoisotopic (exact) mass is 238 g/mol. The van der Waals surface area contributed by atoms with Gasteiger partial charge in [0.25, 0.3) is 0 Å². The van der Waals surface area contributed by atoms with Crippen LogP contribution < -0.4 is 15.8 Å². The highest BCUT2D eigenvalue weighted by molar-refractivity contribution is 5.48. The van der Waals surface area contributed by atoms with Gasteiger partial charge in [0.05, 0.1) is 7.11 Å². The molecule has 3 N–H and O–H groups in total. The second kappa shape index (κ2) is 5.36. The summed E-state index contributed by atoms with van der Waals surface area (Å²) in [6.07, 6.45) is 4.18. The lowest BCUT2D eigenvalue weighted by atomic mass is 9.91. The van der Waals surface area contributed by atoms with E-state index in [0.29, 0.717) is 12.1 Å². The first kappa shape index (κ1) is 12.2. The fraction of sp³-hybridized carbons (Fsp3) is 0.538. The van der Waals surface area contributed by atoms with Crippen molar-refractivity contribution in [2.24, 2.45) is 5.73 Å². The first-order valence-corrected chi connectivity index (χ1v) is 6.04. The van der Waals surface area contributed by atoms with Gasteiger partial charge < -0.3 is 15.8 Å². The molecule has 4 heteroatoms. The lowest BCUT2D eigenvalue weighted by Gasteiger charge is -2.27. The summed E-state index contributed by atoms with van der Waals surface area (Å²) in [6.45, 7) is 0. The van der Waals surface area contributed by atoms with Crippen molar-refractivity contribution in [3.05, 3.63) is 24.0 Å². The topological polar surface area (TPSA) is 47.3 Å². The quantitative estimate of drug-likeness (QED) is 0.850. The summed E-state index contributed by atoms with van der Waals surface area (Å²) < 4.78 is 18.4. The molecule has 0 amide bonds. The SMILES string of the molecule is COc1ccc(NC2CCC(N)CC2)cc1F. The molecule has 1 fully saturated rings. The Morgan fingerprint density at radius 3 is 2.59 bits per heavy atom. The molecule has 0 atom stereocenters. The van der Waals surface area contributed by atoms with Crippen LogP contribution in [0.4, 0.5) is 10.1 Å². The maximum absolute atomic E-state index is 13.5. The molecule has 0 saturated heterocycles. The van der Waals surface area contributed by atoms with E-state index in [9.17, 15) is 4.39 Å². The maximum atomic E-state index is 13.5. The molecular formula is C13H19FN2O. The Hall–Kier alpha value is -1.29. The van der Waals surface area contributed by atoms with E-state index in [-0.39, 0.29) is 11.6 Å². The summed E-state index contributed by atoms with van der Waals surface area (Å²) >= 11 is 0. The molecule has 1 saturated carbocycles. The van der Waals surface area contributed by atoms with Crippen molar-refractivity contribution >= 4 is 5.69 Å². The smallest absolute Gasteiger partial charge is 0.167 e. The molecule has 2 rings (SSSR count). The van der Waals surface area contributed by atoms with Gasteiger partial charge in [-0.15, -0.1) is 0 Å². The number of benzene rings is 1. The highest BCUT2D eigenvalue weighted by Gasteiger charge is 2.18. The van der Waals surface area contributed by atoms with Gasteiger partial charge in [0.15, 0.2) is 11.6 Å². The van der Waals surface area contributed by atoms with Crippen LogP contribution in [0.2, 0.25) is 0 Å². The molecule has 0 spiro atoms. The molecule has 0 unspecified atom stereocenters. The molecule has 3 nitrogen and oxygen atoms in total. The summed E-state index contributed by atoms with van der Waals surface area (Å²) in [6, 6.07) is 5.71. The average Bonchev–Trinajstić information content (AvgIpc) is 2.32. The first-order chi connectivity index (χ1) is 8.19. The van der Waals surface area contributed by atoms with Crippen LogP contribution in [-0.2, 0) is 0 Å². The third kappa shape index (κ3) is 3.09. The number of nitrogens with two attached hydrogens (primary N) is 1. The van der Waals surface area contributed by atoms with Crippen LogP contribution in [0.25, 0.3) is 0 Å². The Balaban J connectivity index is 1.97. The number of anilines is 1. The molecule has 0 bridgehead atoms. The minimum absolute atomic E-state index is 0.279. The molecule has 1 aromatic rings. The second-order valence-electron chi connectivity index (χ2n) is 4.61. The standard InChI is InChI=1S/C13H19FN2O/c1-17-13-7-6-11(8-12(13)14)16-10-4-2-9(15)3-5-10/h6-10,16H,2-5,15H2,1H3. The molecule has 0 heterocycles. The highest BCUT2D eigenvalue weighted by Crippen LogP contribution is 2.24. The predicted octanol–water partition coefficient (Wildman–Crippen LogP) is 2.52. The van der Waals surface area contributed by atoms with Gasteiger partial charge in [-0.1, -0.05) is 0 Å². The third-order valence-electron chi connectivity index (χ3n) is 3.29. The Bertz CT molecular complexity index is 376. The summed E-state index contributed by atoms with van der Waals surface area (Å²) in [7, 11) is 1.47. The van der Waals surface area contributed by atoms with E-state index >= 15 is 0 Å². The minimum Gasteiger partial charge on any atom is -0.494 e. The van der Waals surface area contributed by atoms with Crippen molar-refractivity contribution in [1.82, 2.24) is 0 Å².